The lowest BCUT2D eigenvalue weighted by molar-refractivity contribution is 0.00435. The summed E-state index contributed by atoms with van der Waals surface area (Å²) >= 11 is 0. The number of hydrogen-bond acceptors (Lipinski definition) is 4. The van der Waals surface area contributed by atoms with Crippen LogP contribution in [0.25, 0.3) is 0 Å². The van der Waals surface area contributed by atoms with Crippen LogP contribution in [0.2, 0.25) is 0 Å². The molecule has 0 spiro atoms. The molecule has 0 radical (unpaired) electrons. The third kappa shape index (κ3) is 3.71. The van der Waals surface area contributed by atoms with Crippen LogP contribution in [0.15, 0.2) is 23.0 Å². The highest BCUT2D eigenvalue weighted by Crippen LogP contribution is 2.37. The maximum atomic E-state index is 12.5. The van der Waals surface area contributed by atoms with Crippen molar-refractivity contribution in [2.45, 2.75) is 83.1 Å². The Balaban J connectivity index is 1.59. The van der Waals surface area contributed by atoms with Crippen LogP contribution >= 0.6 is 0 Å². The normalized spacial score (nSPS) is 28.7. The van der Waals surface area contributed by atoms with Crippen molar-refractivity contribution in [1.82, 2.24) is 10.2 Å². The molecule has 2 aliphatic heterocycles. The molecule has 0 aliphatic carbocycles. The summed E-state index contributed by atoms with van der Waals surface area (Å²) < 4.78 is 10.8. The number of nitrogens with one attached hydrogen (secondary N) is 1. The standard InChI is InChI=1S/C18H28N2O3/c1-12(13-7-8-22-11-13)19-14-9-15-5-6-16(10-14)20(15)17(21)23-18(2,3)4/h7-8,11-12,14-16,19H,5-6,9-10H2,1-4H3. The molecule has 5 nitrogen and oxygen atoms in total. The number of hydrogen-bond donors (Lipinski definition) is 1. The molecular formula is C18H28N2O3. The largest absolute Gasteiger partial charge is 0.472 e. The molecule has 23 heavy (non-hydrogen) atoms. The molecule has 128 valence electrons. The van der Waals surface area contributed by atoms with Crippen LogP contribution in [0.4, 0.5) is 4.79 Å². The van der Waals surface area contributed by atoms with Gasteiger partial charge in [-0.15, -0.1) is 0 Å². The van der Waals surface area contributed by atoms with E-state index in [1.807, 2.05) is 31.7 Å². The number of piperidine rings is 1. The van der Waals surface area contributed by atoms with E-state index < -0.39 is 5.60 Å². The van der Waals surface area contributed by atoms with Crippen molar-refractivity contribution in [3.63, 3.8) is 0 Å². The highest BCUT2D eigenvalue weighted by Gasteiger charge is 2.44. The van der Waals surface area contributed by atoms with E-state index >= 15 is 0 Å². The first-order valence-electron chi connectivity index (χ1n) is 8.63. The number of nitrogens with zero attached hydrogens (tertiary/aromatic N) is 1. The topological polar surface area (TPSA) is 54.7 Å². The summed E-state index contributed by atoms with van der Waals surface area (Å²) in [5, 5.41) is 3.69. The highest BCUT2D eigenvalue weighted by molar-refractivity contribution is 5.69. The van der Waals surface area contributed by atoms with E-state index in [9.17, 15) is 4.79 Å². The van der Waals surface area contributed by atoms with E-state index in [4.69, 9.17) is 9.15 Å². The van der Waals surface area contributed by atoms with Gasteiger partial charge in [0.25, 0.3) is 0 Å². The number of carbonyl (C=O) groups is 1. The van der Waals surface area contributed by atoms with Gasteiger partial charge in [0.2, 0.25) is 0 Å². The Morgan fingerprint density at radius 3 is 2.52 bits per heavy atom. The van der Waals surface area contributed by atoms with E-state index in [0.717, 1.165) is 25.7 Å². The molecule has 1 amide bonds. The fraction of sp³-hybridized carbons (Fsp3) is 0.722. The smallest absolute Gasteiger partial charge is 0.410 e. The number of furan rings is 1. The van der Waals surface area contributed by atoms with Crippen LogP contribution in [-0.4, -0.2) is 34.7 Å². The minimum atomic E-state index is -0.429. The molecule has 3 heterocycles. The Labute approximate surface area is 138 Å². The SMILES string of the molecule is CC(NC1CC2CCC(C1)N2C(=O)OC(C)(C)C)c1ccoc1. The first kappa shape index (κ1) is 16.4. The van der Waals surface area contributed by atoms with Gasteiger partial charge in [-0.1, -0.05) is 0 Å². The summed E-state index contributed by atoms with van der Waals surface area (Å²) in [7, 11) is 0. The number of rotatable bonds is 3. The predicted molar refractivity (Wildman–Crippen MR) is 88.2 cm³/mol. The van der Waals surface area contributed by atoms with Gasteiger partial charge in [0.05, 0.1) is 12.5 Å². The minimum Gasteiger partial charge on any atom is -0.472 e. The molecule has 1 N–H and O–H groups in total. The Bertz CT molecular complexity index is 521. The number of ether oxygens (including phenoxy) is 1. The fourth-order valence-corrected chi connectivity index (χ4v) is 3.90. The number of carbonyl (C=O) groups excluding carboxylic acids is 1. The fourth-order valence-electron chi connectivity index (χ4n) is 3.90. The van der Waals surface area contributed by atoms with Gasteiger partial charge in [0.1, 0.15) is 5.60 Å². The van der Waals surface area contributed by atoms with Crippen LogP contribution in [0, 0.1) is 0 Å². The second-order valence-electron chi connectivity index (χ2n) is 7.89. The molecule has 2 bridgehead atoms. The van der Waals surface area contributed by atoms with Gasteiger partial charge in [-0.2, -0.15) is 0 Å². The first-order chi connectivity index (χ1) is 10.8. The second kappa shape index (κ2) is 6.19. The molecular weight excluding hydrogens is 292 g/mol. The maximum Gasteiger partial charge on any atom is 0.410 e. The van der Waals surface area contributed by atoms with Crippen molar-refractivity contribution in [3.05, 3.63) is 24.2 Å². The molecule has 2 aliphatic rings. The summed E-state index contributed by atoms with van der Waals surface area (Å²) in [5.41, 5.74) is 0.744. The monoisotopic (exact) mass is 320 g/mol. The third-order valence-corrected chi connectivity index (χ3v) is 4.87. The van der Waals surface area contributed by atoms with Crippen molar-refractivity contribution < 1.29 is 13.9 Å². The van der Waals surface area contributed by atoms with E-state index in [-0.39, 0.29) is 12.1 Å². The van der Waals surface area contributed by atoms with Crippen LogP contribution in [0.3, 0.4) is 0 Å². The Morgan fingerprint density at radius 1 is 1.35 bits per heavy atom. The maximum absolute atomic E-state index is 12.5. The summed E-state index contributed by atoms with van der Waals surface area (Å²) in [5.74, 6) is 0. The Hall–Kier alpha value is -1.49. The number of amides is 1. The molecule has 1 aromatic rings. The van der Waals surface area contributed by atoms with E-state index in [1.165, 1.54) is 5.56 Å². The molecule has 2 fully saturated rings. The average molecular weight is 320 g/mol. The van der Waals surface area contributed by atoms with Crippen molar-refractivity contribution in [2.24, 2.45) is 0 Å². The first-order valence-corrected chi connectivity index (χ1v) is 8.63. The van der Waals surface area contributed by atoms with Gasteiger partial charge < -0.3 is 19.4 Å². The van der Waals surface area contributed by atoms with E-state index in [1.54, 1.807) is 12.5 Å². The molecule has 0 aromatic carbocycles. The van der Waals surface area contributed by atoms with Crippen LogP contribution in [0.1, 0.15) is 65.0 Å². The summed E-state index contributed by atoms with van der Waals surface area (Å²) in [4.78, 5) is 14.5. The Kier molecular flexibility index (Phi) is 4.41. The molecule has 1 aromatic heterocycles. The third-order valence-electron chi connectivity index (χ3n) is 4.87. The quantitative estimate of drug-likeness (QED) is 0.919. The lowest BCUT2D eigenvalue weighted by Crippen LogP contribution is -2.52. The van der Waals surface area contributed by atoms with Crippen molar-refractivity contribution >= 4 is 6.09 Å². The zero-order chi connectivity index (χ0) is 16.6. The van der Waals surface area contributed by atoms with Gasteiger partial charge in [0.15, 0.2) is 0 Å². The van der Waals surface area contributed by atoms with Gasteiger partial charge in [-0.3, -0.25) is 0 Å². The molecule has 0 saturated carbocycles. The minimum absolute atomic E-state index is 0.147. The second-order valence-corrected chi connectivity index (χ2v) is 7.89. The Morgan fingerprint density at radius 2 is 2.00 bits per heavy atom. The zero-order valence-electron chi connectivity index (χ0n) is 14.5. The summed E-state index contributed by atoms with van der Waals surface area (Å²) in [6, 6.07) is 3.32. The van der Waals surface area contributed by atoms with E-state index in [2.05, 4.69) is 12.2 Å². The average Bonchev–Trinajstić information content (AvgIpc) is 3.04. The molecule has 2 saturated heterocycles. The van der Waals surface area contributed by atoms with Crippen molar-refractivity contribution in [2.75, 3.05) is 0 Å². The molecule has 3 rings (SSSR count). The lowest BCUT2D eigenvalue weighted by atomic mass is 9.96. The van der Waals surface area contributed by atoms with Gasteiger partial charge in [0, 0.05) is 29.7 Å². The van der Waals surface area contributed by atoms with Gasteiger partial charge >= 0.3 is 6.09 Å². The van der Waals surface area contributed by atoms with Crippen LogP contribution < -0.4 is 5.32 Å². The van der Waals surface area contributed by atoms with Crippen LogP contribution in [-0.2, 0) is 4.74 Å². The highest BCUT2D eigenvalue weighted by atomic mass is 16.6. The summed E-state index contributed by atoms with van der Waals surface area (Å²) in [6.45, 7) is 7.93. The lowest BCUT2D eigenvalue weighted by Gasteiger charge is -2.40. The van der Waals surface area contributed by atoms with Gasteiger partial charge in [-0.25, -0.2) is 4.79 Å². The number of fused-ring (bicyclic) bond motifs is 2. The molecule has 3 atom stereocenters. The van der Waals surface area contributed by atoms with E-state index in [0.29, 0.717) is 18.1 Å². The van der Waals surface area contributed by atoms with Crippen LogP contribution in [0.5, 0.6) is 0 Å². The zero-order valence-corrected chi connectivity index (χ0v) is 14.5. The molecule has 3 unspecified atom stereocenters. The predicted octanol–water partition coefficient (Wildman–Crippen LogP) is 3.86. The van der Waals surface area contributed by atoms with Gasteiger partial charge in [-0.05, 0) is 59.4 Å². The van der Waals surface area contributed by atoms with Crippen molar-refractivity contribution in [1.29, 1.82) is 0 Å². The molecule has 5 heteroatoms. The van der Waals surface area contributed by atoms with Crippen molar-refractivity contribution in [3.8, 4) is 0 Å². The summed E-state index contributed by atoms with van der Waals surface area (Å²) in [6.07, 6.45) is 7.52.